The minimum absolute atomic E-state index is 0.102. The maximum atomic E-state index is 12.5. The molecule has 0 aliphatic carbocycles. The van der Waals surface area contributed by atoms with Gasteiger partial charge in [0.1, 0.15) is 12.4 Å². The van der Waals surface area contributed by atoms with Crippen molar-refractivity contribution in [1.82, 2.24) is 14.9 Å². The van der Waals surface area contributed by atoms with Gasteiger partial charge in [0.15, 0.2) is 0 Å². The molecule has 30 heavy (non-hydrogen) atoms. The fourth-order valence-corrected chi connectivity index (χ4v) is 4.67. The quantitative estimate of drug-likeness (QED) is 0.514. The lowest BCUT2D eigenvalue weighted by atomic mass is 10.1. The van der Waals surface area contributed by atoms with Crippen LogP contribution in [0, 0.1) is 13.8 Å². The van der Waals surface area contributed by atoms with Gasteiger partial charge >= 0.3 is 0 Å². The summed E-state index contributed by atoms with van der Waals surface area (Å²) in [5, 5.41) is 10.1. The lowest BCUT2D eigenvalue weighted by Gasteiger charge is -2.14. The van der Waals surface area contributed by atoms with Crippen molar-refractivity contribution in [3.05, 3.63) is 65.2 Å². The summed E-state index contributed by atoms with van der Waals surface area (Å²) in [4.78, 5) is 12.3. The SMILES string of the molecule is Cc1ccc(OCC(C)NS(=O)(=O)c2nnc(NC(=O)c3cccc(C)c3)s2)cc1. The highest BCUT2D eigenvalue weighted by Crippen LogP contribution is 2.21. The standard InChI is InChI=1S/C20H22N4O4S2/c1-13-7-9-17(10-8-13)28-12-15(3)24-30(26,27)20-23-22-19(29-20)21-18(25)16-6-4-5-14(2)11-16/h4-11,15,24H,12H2,1-3H3,(H,21,22,25). The molecule has 0 saturated carbocycles. The molecule has 1 amide bonds. The lowest BCUT2D eigenvalue weighted by Crippen LogP contribution is -2.36. The first kappa shape index (κ1) is 21.9. The van der Waals surface area contributed by atoms with Gasteiger partial charge in [0.05, 0.1) is 6.04 Å². The van der Waals surface area contributed by atoms with E-state index in [0.29, 0.717) is 11.3 Å². The van der Waals surface area contributed by atoms with Crippen LogP contribution in [0.1, 0.15) is 28.4 Å². The third-order valence-electron chi connectivity index (χ3n) is 4.01. The van der Waals surface area contributed by atoms with Crippen LogP contribution in [0.4, 0.5) is 5.13 Å². The number of aryl methyl sites for hydroxylation is 2. The fraction of sp³-hybridized carbons (Fsp3) is 0.250. The van der Waals surface area contributed by atoms with Crippen molar-refractivity contribution in [1.29, 1.82) is 0 Å². The van der Waals surface area contributed by atoms with Gasteiger partial charge < -0.3 is 4.74 Å². The van der Waals surface area contributed by atoms with Gasteiger partial charge in [0, 0.05) is 5.56 Å². The molecule has 2 N–H and O–H groups in total. The van der Waals surface area contributed by atoms with Crippen LogP contribution in [0.15, 0.2) is 52.9 Å². The number of benzene rings is 2. The molecular formula is C20H22N4O4S2. The number of nitrogens with one attached hydrogen (secondary N) is 2. The van der Waals surface area contributed by atoms with Crippen molar-refractivity contribution in [3.63, 3.8) is 0 Å². The second-order valence-corrected chi connectivity index (χ2v) is 9.71. The molecule has 8 nitrogen and oxygen atoms in total. The topological polar surface area (TPSA) is 110 Å². The van der Waals surface area contributed by atoms with Crippen LogP contribution in [0.3, 0.4) is 0 Å². The number of ether oxygens (including phenoxy) is 1. The Balaban J connectivity index is 1.59. The highest BCUT2D eigenvalue weighted by atomic mass is 32.2. The molecule has 2 aromatic carbocycles. The van der Waals surface area contributed by atoms with Crippen LogP contribution in [-0.2, 0) is 10.0 Å². The maximum absolute atomic E-state index is 12.5. The number of carbonyl (C=O) groups is 1. The minimum Gasteiger partial charge on any atom is -0.492 e. The van der Waals surface area contributed by atoms with E-state index < -0.39 is 16.1 Å². The highest BCUT2D eigenvalue weighted by Gasteiger charge is 2.23. The first-order chi connectivity index (χ1) is 14.2. The Kier molecular flexibility index (Phi) is 6.80. The summed E-state index contributed by atoms with van der Waals surface area (Å²) in [5.41, 5.74) is 2.50. The fourth-order valence-electron chi connectivity index (χ4n) is 2.53. The molecule has 0 fully saturated rings. The number of nitrogens with zero attached hydrogens (tertiary/aromatic N) is 2. The molecule has 10 heteroatoms. The van der Waals surface area contributed by atoms with Gasteiger partial charge in [0.25, 0.3) is 15.9 Å². The zero-order valence-corrected chi connectivity index (χ0v) is 18.4. The van der Waals surface area contributed by atoms with E-state index in [2.05, 4.69) is 20.2 Å². The van der Waals surface area contributed by atoms with Crippen molar-refractivity contribution in [2.45, 2.75) is 31.2 Å². The van der Waals surface area contributed by atoms with Crippen LogP contribution < -0.4 is 14.8 Å². The lowest BCUT2D eigenvalue weighted by molar-refractivity contribution is 0.102. The Labute approximate surface area is 179 Å². The largest absolute Gasteiger partial charge is 0.492 e. The van der Waals surface area contributed by atoms with Gasteiger partial charge in [-0.25, -0.2) is 13.1 Å². The number of anilines is 1. The molecule has 1 heterocycles. The molecular weight excluding hydrogens is 424 g/mol. The van der Waals surface area contributed by atoms with Crippen molar-refractivity contribution < 1.29 is 17.9 Å². The first-order valence-corrected chi connectivity index (χ1v) is 11.5. The monoisotopic (exact) mass is 446 g/mol. The van der Waals surface area contributed by atoms with E-state index in [-0.39, 0.29) is 22.0 Å². The molecule has 1 atom stereocenters. The van der Waals surface area contributed by atoms with Crippen molar-refractivity contribution in [2.75, 3.05) is 11.9 Å². The van der Waals surface area contributed by atoms with Crippen molar-refractivity contribution >= 4 is 32.4 Å². The molecule has 158 valence electrons. The van der Waals surface area contributed by atoms with E-state index >= 15 is 0 Å². The minimum atomic E-state index is -3.89. The van der Waals surface area contributed by atoms with Crippen LogP contribution >= 0.6 is 11.3 Å². The molecule has 0 aliphatic rings. The van der Waals surface area contributed by atoms with Gasteiger partial charge in [-0.1, -0.05) is 46.7 Å². The summed E-state index contributed by atoms with van der Waals surface area (Å²) >= 11 is 0.780. The van der Waals surface area contributed by atoms with Gasteiger partial charge in [-0.3, -0.25) is 10.1 Å². The smallest absolute Gasteiger partial charge is 0.270 e. The van der Waals surface area contributed by atoms with E-state index in [1.54, 1.807) is 25.1 Å². The Hall–Kier alpha value is -2.82. The Morgan fingerprint density at radius 2 is 1.83 bits per heavy atom. The van der Waals surface area contributed by atoms with E-state index in [0.717, 1.165) is 22.5 Å². The summed E-state index contributed by atoms with van der Waals surface area (Å²) in [6.45, 7) is 5.69. The summed E-state index contributed by atoms with van der Waals surface area (Å²) in [5.74, 6) is 0.273. The molecule has 1 aromatic heterocycles. The number of hydrogen-bond acceptors (Lipinski definition) is 7. The zero-order valence-electron chi connectivity index (χ0n) is 16.7. The van der Waals surface area contributed by atoms with E-state index in [1.165, 1.54) is 0 Å². The van der Waals surface area contributed by atoms with Crippen molar-refractivity contribution in [3.8, 4) is 5.75 Å². The molecule has 0 bridgehead atoms. The van der Waals surface area contributed by atoms with Gasteiger partial charge in [-0.05, 0) is 45.0 Å². The number of sulfonamides is 1. The average Bonchev–Trinajstić information content (AvgIpc) is 3.17. The highest BCUT2D eigenvalue weighted by molar-refractivity contribution is 7.91. The molecule has 3 aromatic rings. The summed E-state index contributed by atoms with van der Waals surface area (Å²) in [7, 11) is -3.89. The normalized spacial score (nSPS) is 12.4. The third kappa shape index (κ3) is 5.85. The van der Waals surface area contributed by atoms with Crippen LogP contribution in [-0.4, -0.2) is 37.2 Å². The second-order valence-electron chi connectivity index (χ2n) is 6.84. The third-order valence-corrected chi connectivity index (χ3v) is 6.81. The molecule has 3 rings (SSSR count). The van der Waals surface area contributed by atoms with Crippen molar-refractivity contribution in [2.24, 2.45) is 0 Å². The number of amides is 1. The first-order valence-electron chi connectivity index (χ1n) is 9.16. The number of aromatic nitrogens is 2. The second kappa shape index (κ2) is 9.33. The summed E-state index contributed by atoms with van der Waals surface area (Å²) in [6.07, 6.45) is 0. The number of rotatable bonds is 8. The van der Waals surface area contributed by atoms with Gasteiger partial charge in [-0.15, -0.1) is 10.2 Å². The van der Waals surface area contributed by atoms with Crippen LogP contribution in [0.25, 0.3) is 0 Å². The summed E-state index contributed by atoms with van der Waals surface area (Å²) < 4.78 is 33.0. The molecule has 1 unspecified atom stereocenters. The molecule has 0 saturated heterocycles. The predicted octanol–water partition coefficient (Wildman–Crippen LogP) is 3.15. The van der Waals surface area contributed by atoms with Gasteiger partial charge in [-0.2, -0.15) is 0 Å². The molecule has 0 spiro atoms. The Morgan fingerprint density at radius 1 is 1.10 bits per heavy atom. The van der Waals surface area contributed by atoms with Crippen LogP contribution in [0.5, 0.6) is 5.75 Å². The maximum Gasteiger partial charge on any atom is 0.270 e. The van der Waals surface area contributed by atoms with E-state index in [4.69, 9.17) is 4.74 Å². The van der Waals surface area contributed by atoms with Crippen LogP contribution in [0.2, 0.25) is 0 Å². The zero-order chi connectivity index (χ0) is 21.7. The van der Waals surface area contributed by atoms with Gasteiger partial charge in [0.2, 0.25) is 9.47 Å². The predicted molar refractivity (Wildman–Crippen MR) is 115 cm³/mol. The average molecular weight is 447 g/mol. The Morgan fingerprint density at radius 3 is 2.53 bits per heavy atom. The van der Waals surface area contributed by atoms with E-state index in [1.807, 2.05) is 44.2 Å². The van der Waals surface area contributed by atoms with E-state index in [9.17, 15) is 13.2 Å². The number of hydrogen-bond donors (Lipinski definition) is 2. The Bertz CT molecular complexity index is 1130. The molecule has 0 radical (unpaired) electrons. The molecule has 0 aliphatic heterocycles. The number of carbonyl (C=O) groups excluding carboxylic acids is 1. The summed E-state index contributed by atoms with van der Waals surface area (Å²) in [6, 6.07) is 14.0.